The highest BCUT2D eigenvalue weighted by atomic mass is 127. The van der Waals surface area contributed by atoms with Crippen LogP contribution in [0.15, 0.2) is 48.5 Å². The predicted molar refractivity (Wildman–Crippen MR) is 88.4 cm³/mol. The van der Waals surface area contributed by atoms with E-state index in [0.717, 1.165) is 11.3 Å². The van der Waals surface area contributed by atoms with Crippen LogP contribution in [0, 0.1) is 3.57 Å². The molecule has 3 rings (SSSR count). The zero-order valence-corrected chi connectivity index (χ0v) is 13.2. The molecular formula is C16H17IN2O. The Morgan fingerprint density at radius 3 is 2.65 bits per heavy atom. The van der Waals surface area contributed by atoms with E-state index in [2.05, 4.69) is 52.3 Å². The number of hydrazine groups is 1. The third kappa shape index (κ3) is 3.13. The van der Waals surface area contributed by atoms with Crippen LogP contribution >= 0.6 is 22.6 Å². The number of benzene rings is 2. The van der Waals surface area contributed by atoms with Gasteiger partial charge in [-0.2, -0.15) is 0 Å². The molecule has 20 heavy (non-hydrogen) atoms. The summed E-state index contributed by atoms with van der Waals surface area (Å²) in [6.07, 6.45) is 2.74. The van der Waals surface area contributed by atoms with Crippen LogP contribution < -0.4 is 16.0 Å². The lowest BCUT2D eigenvalue weighted by Crippen LogP contribution is -2.29. The van der Waals surface area contributed by atoms with Gasteiger partial charge in [-0.05, 0) is 64.8 Å². The van der Waals surface area contributed by atoms with Crippen LogP contribution in [0.25, 0.3) is 0 Å². The topological polar surface area (TPSA) is 47.3 Å². The van der Waals surface area contributed by atoms with Gasteiger partial charge < -0.3 is 4.74 Å². The number of nitrogens with one attached hydrogen (secondary N) is 1. The molecule has 0 aliphatic heterocycles. The van der Waals surface area contributed by atoms with Gasteiger partial charge >= 0.3 is 0 Å². The molecule has 0 heterocycles. The van der Waals surface area contributed by atoms with E-state index in [1.165, 1.54) is 22.0 Å². The normalized spacial score (nSPS) is 15.9. The molecule has 1 atom stereocenters. The lowest BCUT2D eigenvalue weighted by Gasteiger charge is -2.19. The third-order valence-electron chi connectivity index (χ3n) is 3.40. The van der Waals surface area contributed by atoms with Crippen molar-refractivity contribution in [2.24, 2.45) is 5.84 Å². The minimum Gasteiger partial charge on any atom is -0.490 e. The molecule has 1 unspecified atom stereocenters. The minimum absolute atomic E-state index is 0.0224. The van der Waals surface area contributed by atoms with Crippen molar-refractivity contribution in [3.63, 3.8) is 0 Å². The van der Waals surface area contributed by atoms with Crippen molar-refractivity contribution in [3.05, 3.63) is 63.2 Å². The Balaban J connectivity index is 1.90. The van der Waals surface area contributed by atoms with E-state index in [1.807, 2.05) is 24.3 Å². The van der Waals surface area contributed by atoms with Crippen LogP contribution in [-0.2, 0) is 0 Å². The summed E-state index contributed by atoms with van der Waals surface area (Å²) < 4.78 is 7.05. The van der Waals surface area contributed by atoms with E-state index in [-0.39, 0.29) is 6.04 Å². The summed E-state index contributed by atoms with van der Waals surface area (Å²) >= 11 is 2.34. The van der Waals surface area contributed by atoms with Gasteiger partial charge in [0.2, 0.25) is 0 Å². The minimum atomic E-state index is -0.0224. The zero-order chi connectivity index (χ0) is 13.9. The quantitative estimate of drug-likeness (QED) is 0.475. The number of nitrogens with two attached hydrogens (primary N) is 1. The fourth-order valence-electron chi connectivity index (χ4n) is 2.22. The first-order valence-electron chi connectivity index (χ1n) is 6.75. The Kier molecular flexibility index (Phi) is 4.24. The fraction of sp³-hybridized carbons (Fsp3) is 0.250. The van der Waals surface area contributed by atoms with Crippen molar-refractivity contribution < 1.29 is 4.74 Å². The maximum atomic E-state index is 5.86. The summed E-state index contributed by atoms with van der Waals surface area (Å²) in [5.41, 5.74) is 5.21. The number of hydrogen-bond acceptors (Lipinski definition) is 3. The highest BCUT2D eigenvalue weighted by molar-refractivity contribution is 14.1. The maximum absolute atomic E-state index is 5.86. The molecule has 0 spiro atoms. The van der Waals surface area contributed by atoms with Crippen LogP contribution in [0.2, 0.25) is 0 Å². The van der Waals surface area contributed by atoms with Crippen molar-refractivity contribution in [1.82, 2.24) is 5.43 Å². The Hall–Kier alpha value is -1.11. The molecular weight excluding hydrogens is 363 g/mol. The lowest BCUT2D eigenvalue weighted by atomic mass is 9.99. The third-order valence-corrected chi connectivity index (χ3v) is 4.38. The Labute approximate surface area is 132 Å². The molecule has 0 bridgehead atoms. The molecule has 0 radical (unpaired) electrons. The van der Waals surface area contributed by atoms with Gasteiger partial charge in [-0.15, -0.1) is 0 Å². The second kappa shape index (κ2) is 6.11. The largest absolute Gasteiger partial charge is 0.490 e. The van der Waals surface area contributed by atoms with Crippen LogP contribution in [0.5, 0.6) is 5.75 Å². The molecule has 1 saturated carbocycles. The highest BCUT2D eigenvalue weighted by Crippen LogP contribution is 2.31. The van der Waals surface area contributed by atoms with Gasteiger partial charge in [-0.1, -0.05) is 30.3 Å². The lowest BCUT2D eigenvalue weighted by molar-refractivity contribution is 0.302. The highest BCUT2D eigenvalue weighted by Gasteiger charge is 2.24. The summed E-state index contributed by atoms with van der Waals surface area (Å²) in [5, 5.41) is 0. The van der Waals surface area contributed by atoms with E-state index in [9.17, 15) is 0 Å². The Morgan fingerprint density at radius 2 is 1.95 bits per heavy atom. The van der Waals surface area contributed by atoms with E-state index >= 15 is 0 Å². The molecule has 3 N–H and O–H groups in total. The molecule has 4 heteroatoms. The van der Waals surface area contributed by atoms with Gasteiger partial charge in [0.1, 0.15) is 5.75 Å². The fourth-order valence-corrected chi connectivity index (χ4v) is 2.92. The molecule has 0 saturated heterocycles. The van der Waals surface area contributed by atoms with E-state index in [1.54, 1.807) is 0 Å². The molecule has 0 aromatic heterocycles. The average Bonchev–Trinajstić information content (AvgIpc) is 3.26. The van der Waals surface area contributed by atoms with Crippen molar-refractivity contribution in [2.75, 3.05) is 0 Å². The number of ether oxygens (including phenoxy) is 1. The second-order valence-electron chi connectivity index (χ2n) is 5.01. The molecule has 104 valence electrons. The second-order valence-corrected chi connectivity index (χ2v) is 6.17. The van der Waals surface area contributed by atoms with Gasteiger partial charge in [-0.3, -0.25) is 5.84 Å². The molecule has 2 aromatic rings. The van der Waals surface area contributed by atoms with E-state index < -0.39 is 0 Å². The smallest absolute Gasteiger partial charge is 0.120 e. The first kappa shape index (κ1) is 13.9. The van der Waals surface area contributed by atoms with Crippen molar-refractivity contribution in [2.45, 2.75) is 25.0 Å². The molecule has 1 aliphatic rings. The van der Waals surface area contributed by atoms with Crippen LogP contribution in [-0.4, -0.2) is 6.10 Å². The predicted octanol–water partition coefficient (Wildman–Crippen LogP) is 3.39. The summed E-state index contributed by atoms with van der Waals surface area (Å²) in [5.74, 6) is 6.70. The van der Waals surface area contributed by atoms with Crippen molar-refractivity contribution in [3.8, 4) is 5.75 Å². The monoisotopic (exact) mass is 380 g/mol. The molecule has 3 nitrogen and oxygen atoms in total. The van der Waals surface area contributed by atoms with Crippen molar-refractivity contribution in [1.29, 1.82) is 0 Å². The van der Waals surface area contributed by atoms with Gasteiger partial charge in [0.15, 0.2) is 0 Å². The summed E-state index contributed by atoms with van der Waals surface area (Å²) in [4.78, 5) is 0. The number of hydrogen-bond donors (Lipinski definition) is 2. The van der Waals surface area contributed by atoms with Gasteiger partial charge in [0.05, 0.1) is 12.1 Å². The van der Waals surface area contributed by atoms with E-state index in [0.29, 0.717) is 6.10 Å². The number of halogens is 1. The zero-order valence-electron chi connectivity index (χ0n) is 11.1. The molecule has 0 amide bonds. The van der Waals surface area contributed by atoms with Gasteiger partial charge in [0.25, 0.3) is 0 Å². The summed E-state index contributed by atoms with van der Waals surface area (Å²) in [6, 6.07) is 16.4. The van der Waals surface area contributed by atoms with Crippen LogP contribution in [0.4, 0.5) is 0 Å². The Bertz CT molecular complexity index is 599. The van der Waals surface area contributed by atoms with Gasteiger partial charge in [-0.25, -0.2) is 5.43 Å². The molecule has 1 aliphatic carbocycles. The first-order valence-corrected chi connectivity index (χ1v) is 7.83. The average molecular weight is 380 g/mol. The summed E-state index contributed by atoms with van der Waals surface area (Å²) in [6.45, 7) is 0. The molecule has 2 aromatic carbocycles. The number of rotatable bonds is 5. The van der Waals surface area contributed by atoms with Gasteiger partial charge in [0, 0.05) is 3.57 Å². The standard InChI is InChI=1S/C16H17IN2O/c17-15-7-2-1-6-14(15)16(19-18)11-4-3-5-13(10-11)20-12-8-9-12/h1-7,10,12,16,19H,8-9,18H2. The maximum Gasteiger partial charge on any atom is 0.120 e. The first-order chi connectivity index (χ1) is 9.78. The molecule has 1 fully saturated rings. The summed E-state index contributed by atoms with van der Waals surface area (Å²) in [7, 11) is 0. The SMILES string of the molecule is NNC(c1cccc(OC2CC2)c1)c1ccccc1I. The Morgan fingerprint density at radius 1 is 1.15 bits per heavy atom. The van der Waals surface area contributed by atoms with Crippen LogP contribution in [0.1, 0.15) is 30.0 Å². The van der Waals surface area contributed by atoms with E-state index in [4.69, 9.17) is 10.6 Å². The van der Waals surface area contributed by atoms with Crippen LogP contribution in [0.3, 0.4) is 0 Å². The van der Waals surface area contributed by atoms with Crippen molar-refractivity contribution >= 4 is 22.6 Å².